The van der Waals surface area contributed by atoms with Crippen molar-refractivity contribution in [3.05, 3.63) is 0 Å². The molecule has 3 heteroatoms. The van der Waals surface area contributed by atoms with Crippen LogP contribution < -0.4 is 0 Å². The van der Waals surface area contributed by atoms with Gasteiger partial charge in [0.15, 0.2) is 0 Å². The number of rotatable bonds is 1. The van der Waals surface area contributed by atoms with Crippen molar-refractivity contribution < 1.29 is 0 Å². The summed E-state index contributed by atoms with van der Waals surface area (Å²) in [5.41, 5.74) is 0. The molecule has 0 aromatic rings. The topological polar surface area (TPSA) is 0 Å². The van der Waals surface area contributed by atoms with Crippen molar-refractivity contribution in [3.63, 3.8) is 0 Å². The van der Waals surface area contributed by atoms with Crippen LogP contribution in [0.5, 0.6) is 0 Å². The summed E-state index contributed by atoms with van der Waals surface area (Å²) in [6.45, 7) is 0. The van der Waals surface area contributed by atoms with Gasteiger partial charge in [-0.1, -0.05) is 0 Å². The van der Waals surface area contributed by atoms with E-state index in [2.05, 4.69) is 7.88 Å². The van der Waals surface area contributed by atoms with Crippen molar-refractivity contribution >= 4 is 39.4 Å². The van der Waals surface area contributed by atoms with Crippen LogP contribution in [0.2, 0.25) is 0 Å². The molecule has 0 saturated carbocycles. The van der Waals surface area contributed by atoms with E-state index >= 15 is 0 Å². The van der Waals surface area contributed by atoms with E-state index in [4.69, 9.17) is 0 Å². The fourth-order valence-corrected chi connectivity index (χ4v) is 5.99. The third kappa shape index (κ3) is 1.24. The van der Waals surface area contributed by atoms with E-state index in [-0.39, 0.29) is 0 Å². The van der Waals surface area contributed by atoms with E-state index in [1.165, 1.54) is 17.9 Å². The molecule has 1 saturated heterocycles. The zero-order valence-electron chi connectivity index (χ0n) is 3.39. The van der Waals surface area contributed by atoms with Crippen molar-refractivity contribution in [3.8, 4) is 0 Å². The van der Waals surface area contributed by atoms with Gasteiger partial charge in [0.1, 0.15) is 0 Å². The van der Waals surface area contributed by atoms with Crippen molar-refractivity contribution in [2.24, 2.45) is 0 Å². The second-order valence-corrected chi connectivity index (χ2v) is 8.81. The molecule has 0 unspecified atom stereocenters. The van der Waals surface area contributed by atoms with Crippen LogP contribution in [0.15, 0.2) is 0 Å². The summed E-state index contributed by atoms with van der Waals surface area (Å²) < 4.78 is 0. The monoisotopic (exact) mass is 227 g/mol. The van der Waals surface area contributed by atoms with E-state index in [9.17, 15) is 0 Å². The summed E-state index contributed by atoms with van der Waals surface area (Å²) in [5.74, 6) is 3.03. The number of hydrogen-bond donors (Lipinski definition) is 0. The van der Waals surface area contributed by atoms with Crippen molar-refractivity contribution in [1.29, 1.82) is 0 Å². The maximum atomic E-state index is 2.09. The Labute approximate surface area is 57.1 Å². The van der Waals surface area contributed by atoms with Gasteiger partial charge >= 0.3 is 57.4 Å². The summed E-state index contributed by atoms with van der Waals surface area (Å²) in [6.07, 6.45) is 1.50. The summed E-state index contributed by atoms with van der Waals surface area (Å²) in [7, 11) is 2.92. The molecule has 6 heavy (non-hydrogen) atoms. The first-order chi connectivity index (χ1) is 2.93. The molecule has 1 rings (SSSR count). The molecule has 2 radical (unpaired) electrons. The van der Waals surface area contributed by atoms with Crippen LogP contribution in [-0.2, 0) is 9.93 Å². The maximum absolute atomic E-state index is 2.09. The van der Waals surface area contributed by atoms with Crippen LogP contribution in [-0.4, -0.2) is 33.1 Å². The standard InChI is InChI=1S/C3H6S2.Sb/c4-5-2-1-3-5;/h1-3H2;/q;+1. The average molecular weight is 228 g/mol. The Morgan fingerprint density at radius 3 is 2.17 bits per heavy atom. The zero-order valence-corrected chi connectivity index (χ0v) is 7.57. The first kappa shape index (κ1) is 5.65. The second-order valence-electron chi connectivity index (χ2n) is 1.28. The summed E-state index contributed by atoms with van der Waals surface area (Å²) in [6, 6.07) is 0. The fraction of sp³-hybridized carbons (Fsp3) is 1.00. The van der Waals surface area contributed by atoms with Gasteiger partial charge in [0.25, 0.3) is 0 Å². The molecule has 0 aliphatic carbocycles. The van der Waals surface area contributed by atoms with Gasteiger partial charge < -0.3 is 0 Å². The van der Waals surface area contributed by atoms with Crippen molar-refractivity contribution in [2.75, 3.05) is 11.5 Å². The van der Waals surface area contributed by atoms with Gasteiger partial charge in [-0.3, -0.25) is 0 Å². The quantitative estimate of drug-likeness (QED) is 0.362. The molecule has 0 spiro atoms. The van der Waals surface area contributed by atoms with Gasteiger partial charge in [-0.15, -0.1) is 0 Å². The van der Waals surface area contributed by atoms with Crippen LogP contribution in [0.25, 0.3) is 0 Å². The molecule has 1 heterocycles. The van der Waals surface area contributed by atoms with Crippen LogP contribution in [0.1, 0.15) is 6.42 Å². The van der Waals surface area contributed by atoms with E-state index in [0.29, 0.717) is 0 Å². The van der Waals surface area contributed by atoms with Crippen LogP contribution in [0.4, 0.5) is 0 Å². The molecule has 1 fully saturated rings. The van der Waals surface area contributed by atoms with Crippen LogP contribution in [0.3, 0.4) is 0 Å². The molecule has 1 aliphatic heterocycles. The van der Waals surface area contributed by atoms with Gasteiger partial charge in [0, 0.05) is 0 Å². The minimum atomic E-state index is 0.835. The molecule has 0 nitrogen and oxygen atoms in total. The zero-order chi connectivity index (χ0) is 4.41. The van der Waals surface area contributed by atoms with Gasteiger partial charge in [-0.25, -0.2) is 0 Å². The molecule has 34 valence electrons. The Hall–Kier alpha value is 1.52. The van der Waals surface area contributed by atoms with Gasteiger partial charge in [0.05, 0.1) is 0 Å². The Kier molecular flexibility index (Phi) is 2.58. The molecule has 0 bridgehead atoms. The van der Waals surface area contributed by atoms with Crippen molar-refractivity contribution in [1.82, 2.24) is 0 Å². The third-order valence-corrected chi connectivity index (χ3v) is 9.60. The molecular weight excluding hydrogens is 222 g/mol. The Balaban J connectivity index is 2.01. The fourth-order valence-electron chi connectivity index (χ4n) is 0.337. The van der Waals surface area contributed by atoms with E-state index < -0.39 is 0 Å². The predicted octanol–water partition coefficient (Wildman–Crippen LogP) is 0.740. The summed E-state index contributed by atoms with van der Waals surface area (Å²) in [4.78, 5) is 0. The van der Waals surface area contributed by atoms with Crippen LogP contribution >= 0.6 is 7.88 Å². The van der Waals surface area contributed by atoms with E-state index in [1.807, 2.05) is 21.6 Å². The number of hydrogen-bond acceptors (Lipinski definition) is 1. The Morgan fingerprint density at radius 1 is 1.50 bits per heavy atom. The molecule has 0 aromatic heterocycles. The predicted molar refractivity (Wildman–Crippen MR) is 35.1 cm³/mol. The van der Waals surface area contributed by atoms with Gasteiger partial charge in [0.2, 0.25) is 0 Å². The molecule has 0 atom stereocenters. The minimum absolute atomic E-state index is 0.835. The second kappa shape index (κ2) is 2.74. The molecular formula is C3H6S2Sb+. The Morgan fingerprint density at radius 2 is 2.17 bits per heavy atom. The average Bonchev–Trinajstić information content (AvgIpc) is 1.31. The molecule has 0 amide bonds. The summed E-state index contributed by atoms with van der Waals surface area (Å²) in [5, 5.41) is 0. The SMILES string of the molecule is [Sb][S][S+]1CCC1. The third-order valence-electron chi connectivity index (χ3n) is 0.849. The van der Waals surface area contributed by atoms with E-state index in [1.54, 1.807) is 0 Å². The molecule has 0 aromatic carbocycles. The van der Waals surface area contributed by atoms with Crippen LogP contribution in [0, 0.1) is 0 Å². The Bertz CT molecular complexity index is 41.3. The summed E-state index contributed by atoms with van der Waals surface area (Å²) >= 11 is 1.91. The van der Waals surface area contributed by atoms with Gasteiger partial charge in [-0.2, -0.15) is 0 Å². The first-order valence-electron chi connectivity index (χ1n) is 1.93. The molecule has 0 N–H and O–H groups in total. The first-order valence-corrected chi connectivity index (χ1v) is 7.91. The normalized spacial score (nSPS) is 23.5. The van der Waals surface area contributed by atoms with E-state index in [0.717, 1.165) is 9.93 Å². The molecule has 1 aliphatic rings. The van der Waals surface area contributed by atoms with Gasteiger partial charge in [-0.05, 0) is 0 Å². The van der Waals surface area contributed by atoms with Crippen molar-refractivity contribution in [2.45, 2.75) is 6.42 Å².